The highest BCUT2D eigenvalue weighted by atomic mass is 35.5. The molecule has 0 saturated heterocycles. The largest absolute Gasteiger partial charge is 0.370 e. The van der Waals surface area contributed by atoms with Crippen LogP contribution in [0.25, 0.3) is 0 Å². The fourth-order valence-electron chi connectivity index (χ4n) is 3.30. The number of benzene rings is 1. The molecule has 4 heteroatoms. The summed E-state index contributed by atoms with van der Waals surface area (Å²) < 4.78 is 0. The average molecular weight is 295 g/mol. The molecule has 0 heterocycles. The van der Waals surface area contributed by atoms with Gasteiger partial charge < -0.3 is 11.1 Å². The van der Waals surface area contributed by atoms with Crippen molar-refractivity contribution in [3.05, 3.63) is 29.3 Å². The molecule has 3 nitrogen and oxygen atoms in total. The molecule has 2 unspecified atom stereocenters. The van der Waals surface area contributed by atoms with Crippen LogP contribution >= 0.6 is 11.6 Å². The lowest BCUT2D eigenvalue weighted by atomic mass is 9.63. The van der Waals surface area contributed by atoms with E-state index in [9.17, 15) is 4.79 Å². The molecule has 0 bridgehead atoms. The van der Waals surface area contributed by atoms with Crippen molar-refractivity contribution >= 4 is 23.2 Å². The van der Waals surface area contributed by atoms with Crippen molar-refractivity contribution in [2.24, 2.45) is 17.1 Å². The summed E-state index contributed by atoms with van der Waals surface area (Å²) in [4.78, 5) is 12.1. The molecule has 1 saturated carbocycles. The number of carbonyl (C=O) groups is 1. The molecular weight excluding hydrogens is 272 g/mol. The van der Waals surface area contributed by atoms with Gasteiger partial charge in [-0.3, -0.25) is 4.79 Å². The number of anilines is 1. The molecule has 0 spiro atoms. The highest BCUT2D eigenvalue weighted by Gasteiger charge is 2.48. The maximum Gasteiger partial charge on any atom is 0.243 e. The second-order valence-corrected chi connectivity index (χ2v) is 7.12. The van der Waals surface area contributed by atoms with Gasteiger partial charge in [-0.05, 0) is 42.7 Å². The molecule has 1 amide bonds. The molecule has 0 aliphatic heterocycles. The second kappa shape index (κ2) is 5.28. The predicted octanol–water partition coefficient (Wildman–Crippen LogP) is 3.82. The van der Waals surface area contributed by atoms with Gasteiger partial charge in [-0.15, -0.1) is 0 Å². The number of hydrogen-bond acceptors (Lipinski definition) is 2. The minimum absolute atomic E-state index is 0.167. The number of halogens is 1. The Kier molecular flexibility index (Phi) is 4.01. The first kappa shape index (κ1) is 15.2. The molecule has 110 valence electrons. The van der Waals surface area contributed by atoms with E-state index in [1.807, 2.05) is 24.3 Å². The van der Waals surface area contributed by atoms with E-state index in [1.165, 1.54) is 0 Å². The third-order valence-corrected chi connectivity index (χ3v) is 4.90. The summed E-state index contributed by atoms with van der Waals surface area (Å²) >= 11 is 6.20. The van der Waals surface area contributed by atoms with Gasteiger partial charge in [-0.1, -0.05) is 44.5 Å². The van der Waals surface area contributed by atoms with Crippen LogP contribution in [-0.2, 0) is 4.79 Å². The molecule has 0 radical (unpaired) electrons. The van der Waals surface area contributed by atoms with Gasteiger partial charge in [0.05, 0.1) is 10.7 Å². The van der Waals surface area contributed by atoms with Gasteiger partial charge in [0, 0.05) is 0 Å². The molecule has 2 atom stereocenters. The van der Waals surface area contributed by atoms with Crippen molar-refractivity contribution in [2.45, 2.75) is 45.6 Å². The van der Waals surface area contributed by atoms with Crippen molar-refractivity contribution in [1.82, 2.24) is 0 Å². The topological polar surface area (TPSA) is 55.1 Å². The molecule has 20 heavy (non-hydrogen) atoms. The molecule has 1 aromatic rings. The Bertz CT molecular complexity index is 515. The summed E-state index contributed by atoms with van der Waals surface area (Å²) in [6.07, 6.45) is 2.67. The lowest BCUT2D eigenvalue weighted by molar-refractivity contribution is -0.126. The third kappa shape index (κ3) is 2.78. The van der Waals surface area contributed by atoms with E-state index in [0.29, 0.717) is 5.02 Å². The number of hydrogen-bond donors (Lipinski definition) is 2. The number of carbonyl (C=O) groups excluding carboxylic acids is 1. The number of nitrogens with two attached hydrogens (primary N) is 1. The fourth-order valence-corrected chi connectivity index (χ4v) is 3.49. The quantitative estimate of drug-likeness (QED) is 0.890. The van der Waals surface area contributed by atoms with Crippen LogP contribution in [-0.4, -0.2) is 11.4 Å². The van der Waals surface area contributed by atoms with Gasteiger partial charge in [0.15, 0.2) is 0 Å². The molecule has 3 N–H and O–H groups in total. The predicted molar refractivity (Wildman–Crippen MR) is 83.8 cm³/mol. The van der Waals surface area contributed by atoms with Gasteiger partial charge in [0.2, 0.25) is 5.91 Å². The summed E-state index contributed by atoms with van der Waals surface area (Å²) in [5, 5.41) is 3.96. The van der Waals surface area contributed by atoms with Gasteiger partial charge in [-0.25, -0.2) is 0 Å². The van der Waals surface area contributed by atoms with Crippen LogP contribution in [0, 0.1) is 11.3 Å². The number of amides is 1. The first-order chi connectivity index (χ1) is 9.27. The smallest absolute Gasteiger partial charge is 0.243 e. The van der Waals surface area contributed by atoms with Crippen molar-refractivity contribution in [1.29, 1.82) is 0 Å². The Labute approximate surface area is 125 Å². The Morgan fingerprint density at radius 1 is 1.35 bits per heavy atom. The monoisotopic (exact) mass is 294 g/mol. The molecule has 0 aromatic heterocycles. The van der Waals surface area contributed by atoms with E-state index in [2.05, 4.69) is 26.1 Å². The first-order valence-corrected chi connectivity index (χ1v) is 7.47. The maximum atomic E-state index is 12.1. The zero-order valence-electron chi connectivity index (χ0n) is 12.4. The normalized spacial score (nSPS) is 28.9. The van der Waals surface area contributed by atoms with Crippen molar-refractivity contribution in [3.63, 3.8) is 0 Å². The number of rotatable bonds is 3. The van der Waals surface area contributed by atoms with Crippen LogP contribution in [0.3, 0.4) is 0 Å². The average Bonchev–Trinajstić information content (AvgIpc) is 2.34. The molecule has 1 aliphatic rings. The Morgan fingerprint density at radius 2 is 2.00 bits per heavy atom. The standard InChI is InChI=1S/C16H23ClN2O/c1-11-10-15(2,3)8-9-16(11,14(18)20)19-13-7-5-4-6-12(13)17/h4-7,11,19H,8-10H2,1-3H3,(H2,18,20). The zero-order valence-corrected chi connectivity index (χ0v) is 13.1. The highest BCUT2D eigenvalue weighted by molar-refractivity contribution is 6.33. The molecule has 2 rings (SSSR count). The maximum absolute atomic E-state index is 12.1. The first-order valence-electron chi connectivity index (χ1n) is 7.09. The van der Waals surface area contributed by atoms with E-state index >= 15 is 0 Å². The van der Waals surface area contributed by atoms with Crippen LogP contribution in [0.15, 0.2) is 24.3 Å². The van der Waals surface area contributed by atoms with Crippen LogP contribution < -0.4 is 11.1 Å². The van der Waals surface area contributed by atoms with Gasteiger partial charge in [0.1, 0.15) is 5.54 Å². The Hall–Kier alpha value is -1.22. The van der Waals surface area contributed by atoms with E-state index in [0.717, 1.165) is 24.9 Å². The summed E-state index contributed by atoms with van der Waals surface area (Å²) in [5.74, 6) is -0.125. The van der Waals surface area contributed by atoms with Crippen LogP contribution in [0.2, 0.25) is 5.02 Å². The summed E-state index contributed by atoms with van der Waals surface area (Å²) in [6.45, 7) is 6.57. The van der Waals surface area contributed by atoms with Gasteiger partial charge in [-0.2, -0.15) is 0 Å². The summed E-state index contributed by atoms with van der Waals surface area (Å²) in [5.41, 5.74) is 6.05. The van der Waals surface area contributed by atoms with E-state index in [4.69, 9.17) is 17.3 Å². The lowest BCUT2D eigenvalue weighted by Crippen LogP contribution is -2.58. The highest BCUT2D eigenvalue weighted by Crippen LogP contribution is 2.45. The number of para-hydroxylation sites is 1. The van der Waals surface area contributed by atoms with Crippen LogP contribution in [0.4, 0.5) is 5.69 Å². The summed E-state index contributed by atoms with van der Waals surface area (Å²) in [7, 11) is 0. The number of nitrogens with one attached hydrogen (secondary N) is 1. The van der Waals surface area contributed by atoms with Crippen LogP contribution in [0.1, 0.15) is 40.0 Å². The van der Waals surface area contributed by atoms with Crippen LogP contribution in [0.5, 0.6) is 0 Å². The minimum Gasteiger partial charge on any atom is -0.370 e. The van der Waals surface area contributed by atoms with Gasteiger partial charge >= 0.3 is 0 Å². The van der Waals surface area contributed by atoms with E-state index < -0.39 is 5.54 Å². The van der Waals surface area contributed by atoms with Crippen molar-refractivity contribution in [2.75, 3.05) is 5.32 Å². The fraction of sp³-hybridized carbons (Fsp3) is 0.562. The SMILES string of the molecule is CC1CC(C)(C)CCC1(Nc1ccccc1Cl)C(N)=O. The molecular formula is C16H23ClN2O. The van der Waals surface area contributed by atoms with Crippen molar-refractivity contribution in [3.8, 4) is 0 Å². The Balaban J connectivity index is 2.32. The number of primary amides is 1. The zero-order chi connectivity index (χ0) is 15.0. The minimum atomic E-state index is -0.708. The molecule has 1 aromatic carbocycles. The summed E-state index contributed by atoms with van der Waals surface area (Å²) in [6, 6.07) is 7.48. The van der Waals surface area contributed by atoms with Crippen molar-refractivity contribution < 1.29 is 4.79 Å². The lowest BCUT2D eigenvalue weighted by Gasteiger charge is -2.47. The van der Waals surface area contributed by atoms with E-state index in [-0.39, 0.29) is 17.2 Å². The molecule has 1 fully saturated rings. The third-order valence-electron chi connectivity index (χ3n) is 4.57. The van der Waals surface area contributed by atoms with Gasteiger partial charge in [0.25, 0.3) is 0 Å². The van der Waals surface area contributed by atoms with E-state index in [1.54, 1.807) is 0 Å². The molecule has 1 aliphatic carbocycles. The second-order valence-electron chi connectivity index (χ2n) is 6.71. The Morgan fingerprint density at radius 3 is 2.55 bits per heavy atom.